The van der Waals surface area contributed by atoms with Crippen LogP contribution in [0.1, 0.15) is 29.6 Å². The van der Waals surface area contributed by atoms with E-state index in [1.807, 2.05) is 18.2 Å². The second kappa shape index (κ2) is 7.32. The summed E-state index contributed by atoms with van der Waals surface area (Å²) in [6.45, 7) is 0.709. The number of nitrogens with zero attached hydrogens (tertiary/aromatic N) is 2. The largest absolute Gasteiger partial charge is 0.394 e. The molecule has 0 aromatic heterocycles. The Labute approximate surface area is 123 Å². The summed E-state index contributed by atoms with van der Waals surface area (Å²) in [6.07, 6.45) is 2.89. The first kappa shape index (κ1) is 14.9. The summed E-state index contributed by atoms with van der Waals surface area (Å²) in [6, 6.07) is 9.37. The Morgan fingerprint density at radius 2 is 2.25 bits per heavy atom. The molecule has 1 heterocycles. The predicted octanol–water partition coefficient (Wildman–Crippen LogP) is 2.29. The van der Waals surface area contributed by atoms with E-state index in [1.54, 1.807) is 11.0 Å². The quantitative estimate of drug-likeness (QED) is 0.864. The van der Waals surface area contributed by atoms with E-state index in [4.69, 9.17) is 5.26 Å². The summed E-state index contributed by atoms with van der Waals surface area (Å²) in [5, 5.41) is 18.1. The highest BCUT2D eigenvalue weighted by Crippen LogP contribution is 2.26. The van der Waals surface area contributed by atoms with Crippen LogP contribution >= 0.6 is 11.8 Å². The molecular formula is C15H18N2O2S. The van der Waals surface area contributed by atoms with Gasteiger partial charge in [0.2, 0.25) is 0 Å². The maximum absolute atomic E-state index is 12.7. The molecule has 5 heteroatoms. The molecule has 1 saturated heterocycles. The number of thioether (sulfide) groups is 1. The van der Waals surface area contributed by atoms with E-state index in [1.165, 1.54) is 11.8 Å². The van der Waals surface area contributed by atoms with Crippen LogP contribution < -0.4 is 0 Å². The maximum Gasteiger partial charge on any atom is 0.255 e. The van der Waals surface area contributed by atoms with Crippen molar-refractivity contribution in [2.24, 2.45) is 0 Å². The molecule has 1 aromatic carbocycles. The lowest BCUT2D eigenvalue weighted by Crippen LogP contribution is -2.45. The molecule has 1 amide bonds. The van der Waals surface area contributed by atoms with Crippen LogP contribution in [0.2, 0.25) is 0 Å². The highest BCUT2D eigenvalue weighted by atomic mass is 32.2. The second-order valence-electron chi connectivity index (χ2n) is 4.77. The number of aliphatic hydroxyl groups is 1. The minimum absolute atomic E-state index is 0.0131. The third kappa shape index (κ3) is 3.33. The highest BCUT2D eigenvalue weighted by molar-refractivity contribution is 7.99. The number of carbonyl (C=O) groups is 1. The molecule has 4 nitrogen and oxygen atoms in total. The van der Waals surface area contributed by atoms with E-state index < -0.39 is 0 Å². The fraction of sp³-hybridized carbons (Fsp3) is 0.467. The van der Waals surface area contributed by atoms with E-state index in [2.05, 4.69) is 6.07 Å². The summed E-state index contributed by atoms with van der Waals surface area (Å²) < 4.78 is 0. The molecule has 20 heavy (non-hydrogen) atoms. The molecule has 1 unspecified atom stereocenters. The number of hydrogen-bond donors (Lipinski definition) is 1. The molecule has 2 rings (SSSR count). The summed E-state index contributed by atoms with van der Waals surface area (Å²) in [5.74, 6) is 0.290. The van der Waals surface area contributed by atoms with Crippen molar-refractivity contribution in [2.45, 2.75) is 30.2 Å². The van der Waals surface area contributed by atoms with Crippen molar-refractivity contribution in [3.8, 4) is 6.07 Å². The van der Waals surface area contributed by atoms with Crippen molar-refractivity contribution >= 4 is 17.7 Å². The molecule has 1 aliphatic rings. The zero-order valence-electron chi connectivity index (χ0n) is 11.3. The molecule has 1 atom stereocenters. The number of carbonyl (C=O) groups excluding carboxylic acids is 1. The standard InChI is InChI=1S/C15H18N2O2S/c16-8-10-20-14-7-2-1-6-13(14)15(19)17-9-4-3-5-12(17)11-18/h1-2,6-7,12,18H,3-5,9-11H2. The van der Waals surface area contributed by atoms with Crippen LogP contribution in [0.15, 0.2) is 29.2 Å². The monoisotopic (exact) mass is 290 g/mol. The summed E-state index contributed by atoms with van der Waals surface area (Å²) in [5.41, 5.74) is 0.633. The van der Waals surface area contributed by atoms with Gasteiger partial charge in [0, 0.05) is 11.4 Å². The van der Waals surface area contributed by atoms with Gasteiger partial charge in [-0.2, -0.15) is 5.26 Å². The van der Waals surface area contributed by atoms with Gasteiger partial charge < -0.3 is 10.0 Å². The third-order valence-electron chi connectivity index (χ3n) is 3.51. The Kier molecular flexibility index (Phi) is 5.45. The number of aliphatic hydroxyl groups excluding tert-OH is 1. The van der Waals surface area contributed by atoms with Crippen molar-refractivity contribution in [1.29, 1.82) is 5.26 Å². The molecule has 106 valence electrons. The van der Waals surface area contributed by atoms with Crippen LogP contribution in [0.25, 0.3) is 0 Å². The molecule has 1 aliphatic heterocycles. The Hall–Kier alpha value is -1.51. The van der Waals surface area contributed by atoms with Gasteiger partial charge in [-0.3, -0.25) is 4.79 Å². The first-order valence-electron chi connectivity index (χ1n) is 6.78. The van der Waals surface area contributed by atoms with Gasteiger partial charge in [-0.15, -0.1) is 11.8 Å². The fourth-order valence-corrected chi connectivity index (χ4v) is 3.20. The second-order valence-corrected chi connectivity index (χ2v) is 5.79. The number of amides is 1. The fourth-order valence-electron chi connectivity index (χ4n) is 2.49. The van der Waals surface area contributed by atoms with Gasteiger partial charge in [0.1, 0.15) is 0 Å². The molecule has 0 saturated carbocycles. The average molecular weight is 290 g/mol. The van der Waals surface area contributed by atoms with Crippen molar-refractivity contribution in [2.75, 3.05) is 18.9 Å². The van der Waals surface area contributed by atoms with E-state index in [-0.39, 0.29) is 18.6 Å². The van der Waals surface area contributed by atoms with Crippen LogP contribution in [0, 0.1) is 11.3 Å². The van der Waals surface area contributed by atoms with E-state index in [9.17, 15) is 9.90 Å². The summed E-state index contributed by atoms with van der Waals surface area (Å²) in [7, 11) is 0. The highest BCUT2D eigenvalue weighted by Gasteiger charge is 2.27. The van der Waals surface area contributed by atoms with Crippen LogP contribution in [-0.4, -0.2) is 40.9 Å². The van der Waals surface area contributed by atoms with Crippen LogP contribution in [0.3, 0.4) is 0 Å². The lowest BCUT2D eigenvalue weighted by atomic mass is 10.0. The van der Waals surface area contributed by atoms with Gasteiger partial charge in [0.15, 0.2) is 0 Å². The lowest BCUT2D eigenvalue weighted by molar-refractivity contribution is 0.0499. The van der Waals surface area contributed by atoms with Crippen LogP contribution in [0.4, 0.5) is 0 Å². The van der Waals surface area contributed by atoms with Crippen molar-refractivity contribution in [3.63, 3.8) is 0 Å². The lowest BCUT2D eigenvalue weighted by Gasteiger charge is -2.35. The van der Waals surface area contributed by atoms with Gasteiger partial charge in [-0.05, 0) is 31.4 Å². The minimum atomic E-state index is -0.0785. The predicted molar refractivity (Wildman–Crippen MR) is 78.5 cm³/mol. The molecule has 0 aliphatic carbocycles. The Morgan fingerprint density at radius 3 is 3.00 bits per heavy atom. The van der Waals surface area contributed by atoms with E-state index >= 15 is 0 Å². The minimum Gasteiger partial charge on any atom is -0.394 e. The molecule has 1 N–H and O–H groups in total. The summed E-state index contributed by atoms with van der Waals surface area (Å²) in [4.78, 5) is 15.3. The molecule has 1 aromatic rings. The normalized spacial score (nSPS) is 18.6. The molecule has 0 spiro atoms. The van der Waals surface area contributed by atoms with E-state index in [0.717, 1.165) is 24.2 Å². The molecular weight excluding hydrogens is 272 g/mol. The third-order valence-corrected chi connectivity index (χ3v) is 4.45. The molecule has 0 bridgehead atoms. The van der Waals surface area contributed by atoms with Gasteiger partial charge >= 0.3 is 0 Å². The number of nitriles is 1. The average Bonchev–Trinajstić information content (AvgIpc) is 2.52. The smallest absolute Gasteiger partial charge is 0.255 e. The number of piperidine rings is 1. The maximum atomic E-state index is 12.7. The Morgan fingerprint density at radius 1 is 1.45 bits per heavy atom. The van der Waals surface area contributed by atoms with Crippen molar-refractivity contribution in [3.05, 3.63) is 29.8 Å². The van der Waals surface area contributed by atoms with Gasteiger partial charge in [0.05, 0.1) is 30.0 Å². The first-order valence-corrected chi connectivity index (χ1v) is 7.77. The SMILES string of the molecule is N#CCSc1ccccc1C(=O)N1CCCCC1CO. The number of benzene rings is 1. The number of hydrogen-bond acceptors (Lipinski definition) is 4. The number of likely N-dealkylation sites (tertiary alicyclic amines) is 1. The Bertz CT molecular complexity index is 513. The Balaban J connectivity index is 2.21. The number of rotatable bonds is 4. The van der Waals surface area contributed by atoms with E-state index in [0.29, 0.717) is 17.9 Å². The van der Waals surface area contributed by atoms with Crippen molar-refractivity contribution in [1.82, 2.24) is 4.90 Å². The molecule has 1 fully saturated rings. The van der Waals surface area contributed by atoms with Crippen molar-refractivity contribution < 1.29 is 9.90 Å². The zero-order valence-corrected chi connectivity index (χ0v) is 12.1. The summed E-state index contributed by atoms with van der Waals surface area (Å²) >= 11 is 1.38. The molecule has 0 radical (unpaired) electrons. The van der Waals surface area contributed by atoms with Gasteiger partial charge in [-0.25, -0.2) is 0 Å². The van der Waals surface area contributed by atoms with Gasteiger partial charge in [-0.1, -0.05) is 12.1 Å². The van der Waals surface area contributed by atoms with Crippen LogP contribution in [0.5, 0.6) is 0 Å². The first-order chi connectivity index (χ1) is 9.77. The topological polar surface area (TPSA) is 64.3 Å². The van der Waals surface area contributed by atoms with Gasteiger partial charge in [0.25, 0.3) is 5.91 Å². The zero-order chi connectivity index (χ0) is 14.4. The van der Waals surface area contributed by atoms with Crippen LogP contribution in [-0.2, 0) is 0 Å².